The first-order valence-corrected chi connectivity index (χ1v) is 14.1. The molecule has 0 aromatic carbocycles. The second-order valence-corrected chi connectivity index (χ2v) is 14.3. The van der Waals surface area contributed by atoms with Gasteiger partial charge in [0.25, 0.3) is 0 Å². The number of carbonyl (C=O) groups is 3. The fourth-order valence-corrected chi connectivity index (χ4v) is 4.14. The van der Waals surface area contributed by atoms with Crippen molar-refractivity contribution >= 4 is 48.5 Å². The van der Waals surface area contributed by atoms with Gasteiger partial charge in [0.1, 0.15) is 12.1 Å². The zero-order chi connectivity index (χ0) is 20.8. The summed E-state index contributed by atoms with van der Waals surface area (Å²) >= 11 is 2.11. The van der Waals surface area contributed by atoms with Crippen molar-refractivity contribution in [1.82, 2.24) is 5.32 Å². The van der Waals surface area contributed by atoms with Crippen LogP contribution in [0, 0.1) is 0 Å². The fraction of sp³-hybridized carbons (Fsp3) is 0.824. The summed E-state index contributed by atoms with van der Waals surface area (Å²) in [6, 6.07) is 0.136. The Hall–Kier alpha value is -0.723. The van der Waals surface area contributed by atoms with Crippen LogP contribution in [0.2, 0.25) is 25.7 Å². The highest BCUT2D eigenvalue weighted by Gasteiger charge is 2.50. The highest BCUT2D eigenvalue weighted by molar-refractivity contribution is 14.1. The van der Waals surface area contributed by atoms with Crippen LogP contribution in [0.3, 0.4) is 0 Å². The van der Waals surface area contributed by atoms with Gasteiger partial charge in [0.05, 0.1) is 0 Å². The van der Waals surface area contributed by atoms with Crippen molar-refractivity contribution in [2.75, 3.05) is 11.0 Å². The minimum atomic E-state index is -1.32. The molecule has 0 saturated carbocycles. The SMILES string of the molecule is CC(=O)N[C@H]1[C@H](OCC[Si](C)(C)C)O[C@H](CI)[C@@H](OC(C)=O)[C@@H]1OC(C)=O. The van der Waals surface area contributed by atoms with Crippen LogP contribution < -0.4 is 5.32 Å². The second kappa shape index (κ2) is 10.7. The quantitative estimate of drug-likeness (QED) is 0.228. The molecule has 0 radical (unpaired) electrons. The molecule has 1 aliphatic heterocycles. The Bertz CT molecular complexity index is 540. The number of esters is 2. The first kappa shape index (κ1) is 24.3. The van der Waals surface area contributed by atoms with Crippen molar-refractivity contribution in [1.29, 1.82) is 0 Å². The smallest absolute Gasteiger partial charge is 0.303 e. The molecule has 1 aliphatic rings. The lowest BCUT2D eigenvalue weighted by atomic mass is 9.96. The summed E-state index contributed by atoms with van der Waals surface area (Å²) in [4.78, 5) is 35.0. The van der Waals surface area contributed by atoms with E-state index in [1.54, 1.807) is 0 Å². The van der Waals surface area contributed by atoms with Gasteiger partial charge >= 0.3 is 11.9 Å². The number of hydrogen-bond donors (Lipinski definition) is 1. The second-order valence-electron chi connectivity index (χ2n) is 7.75. The average molecular weight is 515 g/mol. The molecule has 0 spiro atoms. The molecule has 8 nitrogen and oxygen atoms in total. The van der Waals surface area contributed by atoms with Crippen molar-refractivity contribution in [3.05, 3.63) is 0 Å². The summed E-state index contributed by atoms with van der Waals surface area (Å²) in [5.74, 6) is -1.38. The molecule has 5 atom stereocenters. The van der Waals surface area contributed by atoms with Crippen LogP contribution in [0.1, 0.15) is 20.8 Å². The van der Waals surface area contributed by atoms with Crippen molar-refractivity contribution < 1.29 is 33.3 Å². The Kier molecular flexibility index (Phi) is 9.65. The van der Waals surface area contributed by atoms with E-state index in [1.807, 2.05) is 0 Å². The lowest BCUT2D eigenvalue weighted by Crippen LogP contribution is -2.66. The number of amides is 1. The molecule has 0 bridgehead atoms. The molecule has 156 valence electrons. The molecule has 1 N–H and O–H groups in total. The van der Waals surface area contributed by atoms with Crippen LogP contribution in [0.4, 0.5) is 0 Å². The molecule has 0 aromatic rings. The van der Waals surface area contributed by atoms with Crippen molar-refractivity contribution in [3.63, 3.8) is 0 Å². The van der Waals surface area contributed by atoms with Gasteiger partial charge in [-0.2, -0.15) is 0 Å². The number of carbonyl (C=O) groups excluding carboxylic acids is 3. The lowest BCUT2D eigenvalue weighted by molar-refractivity contribution is -0.265. The van der Waals surface area contributed by atoms with Crippen molar-refractivity contribution in [2.24, 2.45) is 0 Å². The Morgan fingerprint density at radius 1 is 1.04 bits per heavy atom. The molecular formula is C17H30INO7Si. The number of halogens is 1. The summed E-state index contributed by atoms with van der Waals surface area (Å²) in [7, 11) is -1.32. The fourth-order valence-electron chi connectivity index (χ4n) is 2.71. The Balaban J connectivity index is 3.11. The Morgan fingerprint density at radius 3 is 2.04 bits per heavy atom. The van der Waals surface area contributed by atoms with Crippen LogP contribution in [-0.4, -0.2) is 67.6 Å². The molecule has 1 fully saturated rings. The van der Waals surface area contributed by atoms with Gasteiger partial charge in [-0.1, -0.05) is 42.2 Å². The van der Waals surface area contributed by atoms with Crippen LogP contribution in [0.25, 0.3) is 0 Å². The van der Waals surface area contributed by atoms with Crippen LogP contribution >= 0.6 is 22.6 Å². The van der Waals surface area contributed by atoms with Gasteiger partial charge in [-0.15, -0.1) is 0 Å². The topological polar surface area (TPSA) is 100 Å². The molecule has 1 rings (SSSR count). The van der Waals surface area contributed by atoms with Crippen molar-refractivity contribution in [2.45, 2.75) is 77.1 Å². The third-order valence-electron chi connectivity index (χ3n) is 3.91. The standard InChI is InChI=1S/C17H30INO7Si/c1-10(20)19-14-16(25-12(3)22)15(24-11(2)21)13(9-18)26-17(14)23-7-8-27(4,5)6/h13-17H,7-9H2,1-6H3,(H,19,20)/t13-,14-,15-,16-,17-/m1/s1. The van der Waals surface area contributed by atoms with Gasteiger partial charge < -0.3 is 24.3 Å². The Labute approximate surface area is 175 Å². The molecule has 10 heteroatoms. The van der Waals surface area contributed by atoms with Gasteiger partial charge in [0.2, 0.25) is 5.91 Å². The van der Waals surface area contributed by atoms with E-state index in [1.165, 1.54) is 20.8 Å². The third-order valence-corrected chi connectivity index (χ3v) is 6.48. The van der Waals surface area contributed by atoms with E-state index >= 15 is 0 Å². The molecule has 0 aliphatic carbocycles. The lowest BCUT2D eigenvalue weighted by Gasteiger charge is -2.45. The van der Waals surface area contributed by atoms with Gasteiger partial charge in [-0.05, 0) is 6.04 Å². The molecule has 0 unspecified atom stereocenters. The van der Waals surface area contributed by atoms with Gasteiger partial charge in [0.15, 0.2) is 18.5 Å². The maximum Gasteiger partial charge on any atom is 0.303 e. The molecule has 1 saturated heterocycles. The Morgan fingerprint density at radius 2 is 1.59 bits per heavy atom. The normalized spacial score (nSPS) is 28.3. The average Bonchev–Trinajstić information content (AvgIpc) is 2.49. The summed E-state index contributed by atoms with van der Waals surface area (Å²) in [6.45, 7) is 11.1. The number of ether oxygens (including phenoxy) is 4. The van der Waals surface area contributed by atoms with E-state index in [-0.39, 0.29) is 5.91 Å². The minimum Gasteiger partial charge on any atom is -0.456 e. The zero-order valence-electron chi connectivity index (χ0n) is 16.7. The molecule has 1 amide bonds. The molecule has 27 heavy (non-hydrogen) atoms. The first-order chi connectivity index (χ1) is 12.4. The third kappa shape index (κ3) is 8.44. The van der Waals surface area contributed by atoms with Crippen LogP contribution in [0.5, 0.6) is 0 Å². The predicted octanol–water partition coefficient (Wildman–Crippen LogP) is 1.87. The molecule has 1 heterocycles. The molecular weight excluding hydrogens is 485 g/mol. The highest BCUT2D eigenvalue weighted by atomic mass is 127. The maximum atomic E-state index is 11.7. The van der Waals surface area contributed by atoms with E-state index in [9.17, 15) is 14.4 Å². The van der Waals surface area contributed by atoms with E-state index in [0.29, 0.717) is 11.0 Å². The molecule has 0 aromatic heterocycles. The number of nitrogens with one attached hydrogen (secondary N) is 1. The van der Waals surface area contributed by atoms with Crippen LogP contribution in [-0.2, 0) is 33.3 Å². The van der Waals surface area contributed by atoms with E-state index in [2.05, 4.69) is 47.5 Å². The number of rotatable bonds is 8. The van der Waals surface area contributed by atoms with Gasteiger partial charge in [-0.25, -0.2) is 0 Å². The van der Waals surface area contributed by atoms with Crippen molar-refractivity contribution in [3.8, 4) is 0 Å². The first-order valence-electron chi connectivity index (χ1n) is 8.89. The summed E-state index contributed by atoms with van der Waals surface area (Å²) in [5, 5.41) is 2.73. The van der Waals surface area contributed by atoms with Crippen LogP contribution in [0.15, 0.2) is 0 Å². The predicted molar refractivity (Wildman–Crippen MR) is 110 cm³/mol. The largest absolute Gasteiger partial charge is 0.456 e. The van der Waals surface area contributed by atoms with E-state index < -0.39 is 50.7 Å². The summed E-state index contributed by atoms with van der Waals surface area (Å²) < 4.78 is 23.2. The van der Waals surface area contributed by atoms with Gasteiger partial charge in [-0.3, -0.25) is 14.4 Å². The summed E-state index contributed by atoms with van der Waals surface area (Å²) in [6.07, 6.45) is -3.07. The number of hydrogen-bond acceptors (Lipinski definition) is 7. The maximum absolute atomic E-state index is 11.7. The van der Waals surface area contributed by atoms with E-state index in [0.717, 1.165) is 6.04 Å². The summed E-state index contributed by atoms with van der Waals surface area (Å²) in [5.41, 5.74) is 0. The monoisotopic (exact) mass is 515 g/mol. The van der Waals surface area contributed by atoms with Gasteiger partial charge in [0, 0.05) is 39.9 Å². The van der Waals surface area contributed by atoms with E-state index in [4.69, 9.17) is 18.9 Å². The minimum absolute atomic E-state index is 0.325. The highest BCUT2D eigenvalue weighted by Crippen LogP contribution is 2.29. The zero-order valence-corrected chi connectivity index (χ0v) is 19.9. The number of alkyl halides is 1.